The molecule has 5 heteroatoms. The Hall–Kier alpha value is -3.52. The van der Waals surface area contributed by atoms with Crippen LogP contribution in [0.3, 0.4) is 0 Å². The molecule has 3 aromatic rings. The Balaban J connectivity index is 1.98. The van der Waals surface area contributed by atoms with Gasteiger partial charge in [0.05, 0.1) is 28.0 Å². The van der Waals surface area contributed by atoms with Crippen molar-refractivity contribution in [3.8, 4) is 12.3 Å². The summed E-state index contributed by atoms with van der Waals surface area (Å²) in [5.74, 6) is 1.00. The van der Waals surface area contributed by atoms with Crippen molar-refractivity contribution in [3.05, 3.63) is 70.7 Å². The largest absolute Gasteiger partial charge is 0.268 e. The predicted octanol–water partition coefficient (Wildman–Crippen LogP) is 3.46. The van der Waals surface area contributed by atoms with Crippen molar-refractivity contribution in [2.24, 2.45) is 0 Å². The van der Waals surface area contributed by atoms with E-state index in [1.165, 1.54) is 18.2 Å². The van der Waals surface area contributed by atoms with Gasteiger partial charge in [-0.05, 0) is 43.3 Å². The Labute approximate surface area is 142 Å². The molecule has 1 aromatic heterocycles. The number of pyridine rings is 1. The number of halogens is 1. The number of amides is 2. The standard InChI is InChI=1S/C20H11FN2O2/c1-3-12-5-4-6-14(9-12)23-19(24)17-11(2)22-16-8-7-13(21)10-15(16)18(17)20(23)25/h1,4-10H,2H3. The number of aromatic nitrogens is 1. The lowest BCUT2D eigenvalue weighted by Gasteiger charge is -2.14. The highest BCUT2D eigenvalue weighted by atomic mass is 19.1. The first-order chi connectivity index (χ1) is 12.0. The zero-order chi connectivity index (χ0) is 17.7. The van der Waals surface area contributed by atoms with E-state index in [-0.39, 0.29) is 11.1 Å². The van der Waals surface area contributed by atoms with Crippen LogP contribution in [0.25, 0.3) is 10.9 Å². The van der Waals surface area contributed by atoms with Crippen molar-refractivity contribution in [2.45, 2.75) is 6.92 Å². The van der Waals surface area contributed by atoms with E-state index in [1.54, 1.807) is 31.2 Å². The molecule has 120 valence electrons. The van der Waals surface area contributed by atoms with Gasteiger partial charge in [-0.2, -0.15) is 0 Å². The lowest BCUT2D eigenvalue weighted by Crippen LogP contribution is -2.29. The van der Waals surface area contributed by atoms with E-state index in [0.717, 1.165) is 4.90 Å². The van der Waals surface area contributed by atoms with Crippen LogP contribution in [0, 0.1) is 25.1 Å². The second-order valence-corrected chi connectivity index (χ2v) is 5.75. The molecule has 25 heavy (non-hydrogen) atoms. The number of nitrogens with zero attached hydrogens (tertiary/aromatic N) is 2. The molecule has 0 atom stereocenters. The number of carbonyl (C=O) groups excluding carboxylic acids is 2. The normalized spacial score (nSPS) is 13.2. The minimum absolute atomic E-state index is 0.179. The molecule has 1 aliphatic heterocycles. The summed E-state index contributed by atoms with van der Waals surface area (Å²) in [7, 11) is 0. The number of terminal acetylenes is 1. The lowest BCUT2D eigenvalue weighted by molar-refractivity contribution is 0.0926. The molecule has 4 rings (SSSR count). The van der Waals surface area contributed by atoms with Gasteiger partial charge in [-0.1, -0.05) is 12.0 Å². The van der Waals surface area contributed by atoms with E-state index in [9.17, 15) is 14.0 Å². The van der Waals surface area contributed by atoms with Gasteiger partial charge in [-0.25, -0.2) is 9.29 Å². The van der Waals surface area contributed by atoms with E-state index in [1.807, 2.05) is 0 Å². The van der Waals surface area contributed by atoms with Crippen LogP contribution in [0.1, 0.15) is 32.0 Å². The second-order valence-electron chi connectivity index (χ2n) is 5.75. The van der Waals surface area contributed by atoms with Gasteiger partial charge in [-0.15, -0.1) is 6.42 Å². The van der Waals surface area contributed by atoms with Crippen LogP contribution < -0.4 is 4.90 Å². The van der Waals surface area contributed by atoms with Gasteiger partial charge in [0.15, 0.2) is 0 Å². The molecule has 1 aliphatic rings. The van der Waals surface area contributed by atoms with Crippen LogP contribution in [-0.4, -0.2) is 16.8 Å². The molecule has 0 bridgehead atoms. The number of carbonyl (C=O) groups is 2. The number of anilines is 1. The maximum Gasteiger partial charge on any atom is 0.268 e. The van der Waals surface area contributed by atoms with Gasteiger partial charge >= 0.3 is 0 Å². The predicted molar refractivity (Wildman–Crippen MR) is 92.0 cm³/mol. The Kier molecular flexibility index (Phi) is 3.16. The highest BCUT2D eigenvalue weighted by Gasteiger charge is 2.40. The third kappa shape index (κ3) is 2.12. The minimum atomic E-state index is -0.504. The van der Waals surface area contributed by atoms with Crippen molar-refractivity contribution in [3.63, 3.8) is 0 Å². The number of rotatable bonds is 1. The highest BCUT2D eigenvalue weighted by molar-refractivity contribution is 6.37. The average molecular weight is 330 g/mol. The van der Waals surface area contributed by atoms with Crippen molar-refractivity contribution in [1.29, 1.82) is 0 Å². The van der Waals surface area contributed by atoms with Gasteiger partial charge in [0.1, 0.15) is 5.82 Å². The molecule has 2 heterocycles. The monoisotopic (exact) mass is 330 g/mol. The van der Waals surface area contributed by atoms with E-state index in [4.69, 9.17) is 6.42 Å². The molecule has 0 unspecified atom stereocenters. The Bertz CT molecular complexity index is 1130. The number of imide groups is 1. The molecule has 0 N–H and O–H groups in total. The van der Waals surface area contributed by atoms with Crippen LogP contribution in [0.2, 0.25) is 0 Å². The van der Waals surface area contributed by atoms with Crippen molar-refractivity contribution in [1.82, 2.24) is 4.98 Å². The fourth-order valence-corrected chi connectivity index (χ4v) is 3.13. The topological polar surface area (TPSA) is 50.3 Å². The summed E-state index contributed by atoms with van der Waals surface area (Å²) < 4.78 is 13.7. The zero-order valence-corrected chi connectivity index (χ0v) is 13.2. The summed E-state index contributed by atoms with van der Waals surface area (Å²) in [6.45, 7) is 1.66. The summed E-state index contributed by atoms with van der Waals surface area (Å²) in [5, 5.41) is 0.328. The fraction of sp³-hybridized carbons (Fsp3) is 0.0500. The molecule has 0 fully saturated rings. The highest BCUT2D eigenvalue weighted by Crippen LogP contribution is 2.34. The molecule has 0 aliphatic carbocycles. The Morgan fingerprint density at radius 2 is 1.84 bits per heavy atom. The van der Waals surface area contributed by atoms with E-state index in [0.29, 0.717) is 27.8 Å². The van der Waals surface area contributed by atoms with Gasteiger partial charge < -0.3 is 0 Å². The molecule has 0 spiro atoms. The maximum atomic E-state index is 13.7. The van der Waals surface area contributed by atoms with Crippen LogP contribution >= 0.6 is 0 Å². The van der Waals surface area contributed by atoms with E-state index < -0.39 is 17.6 Å². The van der Waals surface area contributed by atoms with E-state index >= 15 is 0 Å². The Morgan fingerprint density at radius 1 is 1.08 bits per heavy atom. The van der Waals surface area contributed by atoms with Crippen molar-refractivity contribution >= 4 is 28.4 Å². The minimum Gasteiger partial charge on any atom is -0.268 e. The van der Waals surface area contributed by atoms with Gasteiger partial charge in [0.25, 0.3) is 11.8 Å². The molecule has 2 aromatic carbocycles. The molecule has 0 saturated heterocycles. The van der Waals surface area contributed by atoms with Crippen LogP contribution in [-0.2, 0) is 0 Å². The fourth-order valence-electron chi connectivity index (χ4n) is 3.13. The molecular weight excluding hydrogens is 319 g/mol. The first-order valence-electron chi connectivity index (χ1n) is 7.56. The summed E-state index contributed by atoms with van der Waals surface area (Å²) in [5.41, 5.74) is 2.22. The lowest BCUT2D eigenvalue weighted by atomic mass is 10.0. The molecule has 2 amide bonds. The molecule has 0 saturated carbocycles. The summed E-state index contributed by atoms with van der Waals surface area (Å²) in [4.78, 5) is 31.3. The van der Waals surface area contributed by atoms with Gasteiger partial charge in [-0.3, -0.25) is 14.6 Å². The number of hydrogen-bond donors (Lipinski definition) is 0. The van der Waals surface area contributed by atoms with Crippen molar-refractivity contribution < 1.29 is 14.0 Å². The van der Waals surface area contributed by atoms with Crippen LogP contribution in [0.15, 0.2) is 42.5 Å². The molecule has 0 radical (unpaired) electrons. The third-order valence-corrected chi connectivity index (χ3v) is 4.23. The Morgan fingerprint density at radius 3 is 2.60 bits per heavy atom. The van der Waals surface area contributed by atoms with Gasteiger partial charge in [0, 0.05) is 10.9 Å². The maximum absolute atomic E-state index is 13.7. The summed E-state index contributed by atoms with van der Waals surface area (Å²) >= 11 is 0. The second kappa shape index (κ2) is 5.25. The van der Waals surface area contributed by atoms with Crippen LogP contribution in [0.4, 0.5) is 10.1 Å². The zero-order valence-electron chi connectivity index (χ0n) is 13.2. The summed E-state index contributed by atoms with van der Waals surface area (Å²) in [6.07, 6.45) is 5.40. The first kappa shape index (κ1) is 15.0. The first-order valence-corrected chi connectivity index (χ1v) is 7.56. The number of fused-ring (bicyclic) bond motifs is 3. The number of aryl methyl sites for hydroxylation is 1. The smallest absolute Gasteiger partial charge is 0.268 e. The average Bonchev–Trinajstić information content (AvgIpc) is 2.87. The quantitative estimate of drug-likeness (QED) is 0.507. The van der Waals surface area contributed by atoms with Crippen LogP contribution in [0.5, 0.6) is 0 Å². The van der Waals surface area contributed by atoms with Gasteiger partial charge in [0.2, 0.25) is 0 Å². The van der Waals surface area contributed by atoms with E-state index in [2.05, 4.69) is 10.9 Å². The summed E-state index contributed by atoms with van der Waals surface area (Å²) in [6, 6.07) is 10.6. The number of hydrogen-bond acceptors (Lipinski definition) is 3. The molecule has 4 nitrogen and oxygen atoms in total. The SMILES string of the molecule is C#Cc1cccc(N2C(=O)c3c(C)nc4ccc(F)cc4c3C2=O)c1. The number of benzene rings is 2. The van der Waals surface area contributed by atoms with Crippen molar-refractivity contribution in [2.75, 3.05) is 4.90 Å². The third-order valence-electron chi connectivity index (χ3n) is 4.23. The molecular formula is C20H11FN2O2.